The number of rotatable bonds is 6. The molecule has 0 aliphatic carbocycles. The zero-order chi connectivity index (χ0) is 14.5. The highest BCUT2D eigenvalue weighted by Gasteiger charge is 2.25. The molecule has 110 valence electrons. The van der Waals surface area contributed by atoms with Gasteiger partial charge in [-0.15, -0.1) is 0 Å². The maximum atomic E-state index is 13.5. The highest BCUT2D eigenvalue weighted by Crippen LogP contribution is 2.22. The molecule has 0 saturated carbocycles. The number of halogens is 1. The molecule has 0 bridgehead atoms. The highest BCUT2D eigenvalue weighted by atomic mass is 19.1. The lowest BCUT2D eigenvalue weighted by molar-refractivity contribution is 0.0692. The summed E-state index contributed by atoms with van der Waals surface area (Å²) in [6.07, 6.45) is 2.38. The van der Waals surface area contributed by atoms with Crippen molar-refractivity contribution < 1.29 is 19.0 Å². The summed E-state index contributed by atoms with van der Waals surface area (Å²) in [6.45, 7) is 4.29. The van der Waals surface area contributed by atoms with Gasteiger partial charge in [-0.2, -0.15) is 0 Å². The third kappa shape index (κ3) is 3.55. The third-order valence-electron chi connectivity index (χ3n) is 3.75. The Kier molecular flexibility index (Phi) is 5.09. The first-order chi connectivity index (χ1) is 9.61. The van der Waals surface area contributed by atoms with E-state index in [4.69, 9.17) is 9.84 Å². The van der Waals surface area contributed by atoms with Gasteiger partial charge in [0.2, 0.25) is 0 Å². The van der Waals surface area contributed by atoms with Crippen molar-refractivity contribution in [3.8, 4) is 0 Å². The van der Waals surface area contributed by atoms with Gasteiger partial charge in [-0.3, -0.25) is 0 Å². The third-order valence-corrected chi connectivity index (χ3v) is 3.75. The van der Waals surface area contributed by atoms with Crippen molar-refractivity contribution in [3.63, 3.8) is 0 Å². The van der Waals surface area contributed by atoms with Gasteiger partial charge in [0.15, 0.2) is 0 Å². The maximum Gasteiger partial charge on any atom is 0.338 e. The van der Waals surface area contributed by atoms with E-state index in [1.807, 2.05) is 0 Å². The summed E-state index contributed by atoms with van der Waals surface area (Å²) in [5.74, 6) is -1.42. The summed E-state index contributed by atoms with van der Waals surface area (Å²) in [5, 5.41) is 12.1. The lowest BCUT2D eigenvalue weighted by atomic mass is 9.99. The van der Waals surface area contributed by atoms with Crippen LogP contribution in [0.1, 0.15) is 35.7 Å². The summed E-state index contributed by atoms with van der Waals surface area (Å²) in [7, 11) is 0. The van der Waals surface area contributed by atoms with Crippen molar-refractivity contribution in [2.24, 2.45) is 5.92 Å². The zero-order valence-electron chi connectivity index (χ0n) is 11.6. The second kappa shape index (κ2) is 6.81. The lowest BCUT2D eigenvalue weighted by Gasteiger charge is -2.17. The Morgan fingerprint density at radius 2 is 2.35 bits per heavy atom. The molecule has 5 heteroatoms. The fourth-order valence-electron chi connectivity index (χ4n) is 2.62. The van der Waals surface area contributed by atoms with Gasteiger partial charge < -0.3 is 15.2 Å². The van der Waals surface area contributed by atoms with E-state index in [1.54, 1.807) is 6.07 Å². The minimum atomic E-state index is -1.24. The van der Waals surface area contributed by atoms with Crippen LogP contribution in [-0.2, 0) is 11.3 Å². The standard InChI is InChI=1S/C15H20FNO3/c1-2-14-11(5-6-20-14)9-17-8-10-3-4-12(15(18)19)13(16)7-10/h3-4,7,11,14,17H,2,5-6,8-9H2,1H3,(H,18,19). The summed E-state index contributed by atoms with van der Waals surface area (Å²) in [6, 6.07) is 4.23. The second-order valence-electron chi connectivity index (χ2n) is 5.12. The van der Waals surface area contributed by atoms with E-state index in [9.17, 15) is 9.18 Å². The summed E-state index contributed by atoms with van der Waals surface area (Å²) >= 11 is 0. The van der Waals surface area contributed by atoms with Crippen molar-refractivity contribution in [3.05, 3.63) is 35.1 Å². The highest BCUT2D eigenvalue weighted by molar-refractivity contribution is 5.87. The molecule has 1 aromatic carbocycles. The number of hydrogen-bond donors (Lipinski definition) is 2. The number of carbonyl (C=O) groups is 1. The minimum absolute atomic E-state index is 0.288. The average Bonchev–Trinajstić information content (AvgIpc) is 2.86. The molecule has 4 nitrogen and oxygen atoms in total. The molecule has 0 spiro atoms. The van der Waals surface area contributed by atoms with E-state index >= 15 is 0 Å². The molecular weight excluding hydrogens is 261 g/mol. The van der Waals surface area contributed by atoms with E-state index in [2.05, 4.69) is 12.2 Å². The average molecular weight is 281 g/mol. The van der Waals surface area contributed by atoms with Crippen LogP contribution in [0.15, 0.2) is 18.2 Å². The molecule has 0 radical (unpaired) electrons. The van der Waals surface area contributed by atoms with Crippen molar-refractivity contribution in [2.75, 3.05) is 13.2 Å². The number of nitrogens with one attached hydrogen (secondary N) is 1. The Morgan fingerprint density at radius 3 is 3.00 bits per heavy atom. The van der Waals surface area contributed by atoms with Crippen molar-refractivity contribution in [1.29, 1.82) is 0 Å². The smallest absolute Gasteiger partial charge is 0.338 e. The van der Waals surface area contributed by atoms with Gasteiger partial charge in [0.05, 0.1) is 11.7 Å². The van der Waals surface area contributed by atoms with Crippen LogP contribution >= 0.6 is 0 Å². The number of benzene rings is 1. The Labute approximate surface area is 117 Å². The van der Waals surface area contributed by atoms with Gasteiger partial charge in [-0.05, 0) is 36.5 Å². The normalized spacial score (nSPS) is 22.1. The molecule has 0 aromatic heterocycles. The molecule has 1 heterocycles. The van der Waals surface area contributed by atoms with Crippen molar-refractivity contribution >= 4 is 5.97 Å². The number of carboxylic acids is 1. The Morgan fingerprint density at radius 1 is 1.55 bits per heavy atom. The molecule has 1 aliphatic heterocycles. The fraction of sp³-hybridized carbons (Fsp3) is 0.533. The van der Waals surface area contributed by atoms with Gasteiger partial charge in [0, 0.05) is 19.7 Å². The zero-order valence-corrected chi connectivity index (χ0v) is 11.6. The van der Waals surface area contributed by atoms with Crippen LogP contribution in [0.2, 0.25) is 0 Å². The van der Waals surface area contributed by atoms with E-state index in [0.29, 0.717) is 18.6 Å². The number of hydrogen-bond acceptors (Lipinski definition) is 3. The van der Waals surface area contributed by atoms with E-state index < -0.39 is 11.8 Å². The van der Waals surface area contributed by atoms with E-state index in [-0.39, 0.29) is 5.56 Å². The Hall–Kier alpha value is -1.46. The second-order valence-corrected chi connectivity index (χ2v) is 5.12. The van der Waals surface area contributed by atoms with Crippen LogP contribution in [0.25, 0.3) is 0 Å². The van der Waals surface area contributed by atoms with Crippen LogP contribution in [-0.4, -0.2) is 30.3 Å². The molecule has 20 heavy (non-hydrogen) atoms. The molecule has 1 saturated heterocycles. The first-order valence-electron chi connectivity index (χ1n) is 6.95. The SMILES string of the molecule is CCC1OCCC1CNCc1ccc(C(=O)O)c(F)c1. The van der Waals surface area contributed by atoms with Crippen LogP contribution in [0.3, 0.4) is 0 Å². The maximum absolute atomic E-state index is 13.5. The predicted molar refractivity (Wildman–Crippen MR) is 73.2 cm³/mol. The monoisotopic (exact) mass is 281 g/mol. The molecule has 1 aliphatic rings. The fourth-order valence-corrected chi connectivity index (χ4v) is 2.62. The topological polar surface area (TPSA) is 58.6 Å². The Bertz CT molecular complexity index is 478. The van der Waals surface area contributed by atoms with Gasteiger partial charge >= 0.3 is 5.97 Å². The van der Waals surface area contributed by atoms with Crippen molar-refractivity contribution in [2.45, 2.75) is 32.4 Å². The molecule has 2 N–H and O–H groups in total. The van der Waals surface area contributed by atoms with Crippen LogP contribution in [0.5, 0.6) is 0 Å². The molecule has 2 atom stereocenters. The van der Waals surface area contributed by atoms with Crippen LogP contribution in [0.4, 0.5) is 4.39 Å². The lowest BCUT2D eigenvalue weighted by Crippen LogP contribution is -2.28. The Balaban J connectivity index is 1.85. The number of aromatic carboxylic acids is 1. The van der Waals surface area contributed by atoms with Crippen molar-refractivity contribution in [1.82, 2.24) is 5.32 Å². The first-order valence-corrected chi connectivity index (χ1v) is 6.95. The predicted octanol–water partition coefficient (Wildman–Crippen LogP) is 2.43. The quantitative estimate of drug-likeness (QED) is 0.841. The minimum Gasteiger partial charge on any atom is -0.478 e. The molecule has 1 aromatic rings. The van der Waals surface area contributed by atoms with E-state index in [0.717, 1.165) is 31.6 Å². The summed E-state index contributed by atoms with van der Waals surface area (Å²) in [5.41, 5.74) is 0.462. The van der Waals surface area contributed by atoms with Gasteiger partial charge in [0.25, 0.3) is 0 Å². The first kappa shape index (κ1) is 14.9. The largest absolute Gasteiger partial charge is 0.478 e. The van der Waals surface area contributed by atoms with E-state index in [1.165, 1.54) is 12.1 Å². The summed E-state index contributed by atoms with van der Waals surface area (Å²) in [4.78, 5) is 10.7. The molecular formula is C15H20FNO3. The van der Waals surface area contributed by atoms with Gasteiger partial charge in [0.1, 0.15) is 5.82 Å². The van der Waals surface area contributed by atoms with Gasteiger partial charge in [-0.1, -0.05) is 13.0 Å². The molecule has 1 fully saturated rings. The number of carboxylic acid groups (broad SMARTS) is 1. The molecule has 0 amide bonds. The van der Waals surface area contributed by atoms with Crippen LogP contribution < -0.4 is 5.32 Å². The van der Waals surface area contributed by atoms with Gasteiger partial charge in [-0.25, -0.2) is 9.18 Å². The molecule has 2 rings (SSSR count). The number of ether oxygens (including phenoxy) is 1. The molecule has 2 unspecified atom stereocenters. The van der Waals surface area contributed by atoms with Crippen LogP contribution in [0, 0.1) is 11.7 Å². The summed E-state index contributed by atoms with van der Waals surface area (Å²) < 4.78 is 19.1.